The predicted molar refractivity (Wildman–Crippen MR) is 123 cm³/mol. The van der Waals surface area contributed by atoms with E-state index < -0.39 is 46.7 Å². The second kappa shape index (κ2) is 10.6. The van der Waals surface area contributed by atoms with Crippen molar-refractivity contribution in [3.05, 3.63) is 99.5 Å². The summed E-state index contributed by atoms with van der Waals surface area (Å²) in [5, 5.41) is 3.05. The van der Waals surface area contributed by atoms with Crippen LogP contribution >= 0.6 is 23.2 Å². The van der Waals surface area contributed by atoms with Crippen molar-refractivity contribution in [2.45, 2.75) is 24.4 Å². The van der Waals surface area contributed by atoms with Gasteiger partial charge in [-0.1, -0.05) is 41.4 Å². The van der Waals surface area contributed by atoms with Crippen LogP contribution in [0.4, 0.5) is 8.78 Å². The minimum atomic E-state index is -4.21. The zero-order valence-corrected chi connectivity index (χ0v) is 19.8. The summed E-state index contributed by atoms with van der Waals surface area (Å²) in [5.41, 5.74) is 0.574. The summed E-state index contributed by atoms with van der Waals surface area (Å²) in [4.78, 5) is 12.6. The molecule has 1 N–H and O–H groups in total. The topological polar surface area (TPSA) is 66.5 Å². The molecular formula is C23H20Cl2F2N2O3S. The molecular weight excluding hydrogens is 493 g/mol. The Hall–Kier alpha value is -2.52. The molecule has 1 amide bonds. The molecule has 1 atom stereocenters. The summed E-state index contributed by atoms with van der Waals surface area (Å²) in [6.07, 6.45) is 0. The van der Waals surface area contributed by atoms with Gasteiger partial charge < -0.3 is 5.32 Å². The van der Waals surface area contributed by atoms with Crippen molar-refractivity contribution >= 4 is 39.1 Å². The van der Waals surface area contributed by atoms with Crippen LogP contribution in [0.3, 0.4) is 0 Å². The van der Waals surface area contributed by atoms with E-state index in [1.54, 1.807) is 6.92 Å². The summed E-state index contributed by atoms with van der Waals surface area (Å²) in [5.74, 6) is -1.74. The van der Waals surface area contributed by atoms with Gasteiger partial charge in [-0.25, -0.2) is 17.2 Å². The lowest BCUT2D eigenvalue weighted by molar-refractivity contribution is -0.122. The molecule has 0 aromatic heterocycles. The molecule has 3 aromatic carbocycles. The molecule has 0 radical (unpaired) electrons. The van der Waals surface area contributed by atoms with Crippen LogP contribution in [0.25, 0.3) is 0 Å². The van der Waals surface area contributed by atoms with Gasteiger partial charge in [0.05, 0.1) is 17.5 Å². The van der Waals surface area contributed by atoms with Crippen LogP contribution in [0.2, 0.25) is 10.0 Å². The molecule has 33 heavy (non-hydrogen) atoms. The molecule has 174 valence electrons. The van der Waals surface area contributed by atoms with Crippen molar-refractivity contribution < 1.29 is 22.0 Å². The first-order valence-electron chi connectivity index (χ1n) is 9.81. The van der Waals surface area contributed by atoms with Crippen molar-refractivity contribution in [2.24, 2.45) is 0 Å². The molecule has 0 saturated carbocycles. The molecule has 0 aliphatic heterocycles. The molecule has 0 fully saturated rings. The van der Waals surface area contributed by atoms with Gasteiger partial charge in [0, 0.05) is 22.2 Å². The monoisotopic (exact) mass is 512 g/mol. The highest BCUT2D eigenvalue weighted by Crippen LogP contribution is 2.25. The Morgan fingerprint density at radius 3 is 2.24 bits per heavy atom. The van der Waals surface area contributed by atoms with Gasteiger partial charge in [0.2, 0.25) is 15.9 Å². The van der Waals surface area contributed by atoms with E-state index in [0.29, 0.717) is 10.6 Å². The quantitative estimate of drug-likeness (QED) is 0.442. The van der Waals surface area contributed by atoms with Gasteiger partial charge >= 0.3 is 0 Å². The van der Waals surface area contributed by atoms with Gasteiger partial charge in [-0.05, 0) is 61.0 Å². The van der Waals surface area contributed by atoms with Gasteiger partial charge in [0.1, 0.15) is 11.6 Å². The highest BCUT2D eigenvalue weighted by molar-refractivity contribution is 7.89. The minimum absolute atomic E-state index is 0.0337. The molecule has 0 unspecified atom stereocenters. The number of hydrogen-bond donors (Lipinski definition) is 1. The largest absolute Gasteiger partial charge is 0.348 e. The Labute approximate surface area is 201 Å². The van der Waals surface area contributed by atoms with Gasteiger partial charge in [-0.15, -0.1) is 0 Å². The van der Waals surface area contributed by atoms with Gasteiger partial charge in [0.15, 0.2) is 0 Å². The molecule has 0 saturated heterocycles. The molecule has 0 aliphatic carbocycles. The van der Waals surface area contributed by atoms with E-state index >= 15 is 0 Å². The summed E-state index contributed by atoms with van der Waals surface area (Å²) >= 11 is 12.0. The Morgan fingerprint density at radius 2 is 1.64 bits per heavy atom. The van der Waals surface area contributed by atoms with Crippen molar-refractivity contribution in [3.8, 4) is 0 Å². The number of halogens is 4. The summed E-state index contributed by atoms with van der Waals surface area (Å²) in [7, 11) is -4.21. The molecule has 10 heteroatoms. The van der Waals surface area contributed by atoms with Crippen molar-refractivity contribution in [3.63, 3.8) is 0 Å². The lowest BCUT2D eigenvalue weighted by atomic mass is 10.1. The fourth-order valence-corrected chi connectivity index (χ4v) is 4.84. The van der Waals surface area contributed by atoms with Crippen LogP contribution in [-0.2, 0) is 21.4 Å². The molecule has 0 aliphatic rings. The normalized spacial score (nSPS) is 12.5. The van der Waals surface area contributed by atoms with Crippen LogP contribution in [0, 0.1) is 11.6 Å². The van der Waals surface area contributed by atoms with Crippen molar-refractivity contribution in [2.75, 3.05) is 6.54 Å². The zero-order chi connectivity index (χ0) is 24.2. The Kier molecular flexibility index (Phi) is 8.07. The highest BCUT2D eigenvalue weighted by Gasteiger charge is 2.29. The lowest BCUT2D eigenvalue weighted by Crippen LogP contribution is -2.41. The number of nitrogens with zero attached hydrogens (tertiary/aromatic N) is 1. The molecule has 5 nitrogen and oxygen atoms in total. The average Bonchev–Trinajstić information content (AvgIpc) is 2.76. The van der Waals surface area contributed by atoms with E-state index in [2.05, 4.69) is 5.32 Å². The maximum Gasteiger partial charge on any atom is 0.243 e. The van der Waals surface area contributed by atoms with Crippen LogP contribution in [0.1, 0.15) is 24.1 Å². The number of carbonyl (C=O) groups is 1. The Morgan fingerprint density at radius 1 is 1.00 bits per heavy atom. The van der Waals surface area contributed by atoms with E-state index in [4.69, 9.17) is 23.2 Å². The smallest absolute Gasteiger partial charge is 0.243 e. The fraction of sp³-hybridized carbons (Fsp3) is 0.174. The third-order valence-electron chi connectivity index (χ3n) is 4.92. The van der Waals surface area contributed by atoms with Gasteiger partial charge in [-0.2, -0.15) is 4.31 Å². The maximum atomic E-state index is 14.4. The predicted octanol–water partition coefficient (Wildman–Crippen LogP) is 5.34. The van der Waals surface area contributed by atoms with E-state index in [9.17, 15) is 22.0 Å². The average molecular weight is 513 g/mol. The number of benzene rings is 3. The third-order valence-corrected chi connectivity index (χ3v) is 7.33. The van der Waals surface area contributed by atoms with Gasteiger partial charge in [-0.3, -0.25) is 4.79 Å². The van der Waals surface area contributed by atoms with E-state index in [1.807, 2.05) is 0 Å². The first-order valence-corrected chi connectivity index (χ1v) is 12.0. The van der Waals surface area contributed by atoms with E-state index in [1.165, 1.54) is 60.7 Å². The van der Waals surface area contributed by atoms with Crippen LogP contribution in [0.15, 0.2) is 71.6 Å². The molecule has 0 spiro atoms. The Balaban J connectivity index is 1.88. The van der Waals surface area contributed by atoms with Crippen LogP contribution in [0.5, 0.6) is 0 Å². The molecule has 3 aromatic rings. The standard InChI is InChI=1S/C23H20Cl2F2N2O3S/c1-15(16-5-9-18(26)10-6-16)28-23(30)14-29(13-20-21(25)3-2-4-22(20)27)33(31,32)19-11-7-17(24)8-12-19/h2-12,15H,13-14H2,1H3,(H,28,30)/t15-/m0/s1. The number of sulfonamides is 1. The first-order chi connectivity index (χ1) is 15.6. The number of hydrogen-bond acceptors (Lipinski definition) is 3. The maximum absolute atomic E-state index is 14.4. The Bertz CT molecular complexity index is 1220. The number of rotatable bonds is 8. The number of carbonyl (C=O) groups excluding carboxylic acids is 1. The summed E-state index contributed by atoms with van der Waals surface area (Å²) < 4.78 is 55.0. The van der Waals surface area contributed by atoms with Crippen LogP contribution < -0.4 is 5.32 Å². The molecule has 0 heterocycles. The highest BCUT2D eigenvalue weighted by atomic mass is 35.5. The van der Waals surface area contributed by atoms with Crippen LogP contribution in [-0.4, -0.2) is 25.2 Å². The lowest BCUT2D eigenvalue weighted by Gasteiger charge is -2.24. The van der Waals surface area contributed by atoms with E-state index in [-0.39, 0.29) is 15.5 Å². The summed E-state index contributed by atoms with van der Waals surface area (Å²) in [6.45, 7) is 0.618. The second-order valence-electron chi connectivity index (χ2n) is 7.27. The van der Waals surface area contributed by atoms with Crippen molar-refractivity contribution in [1.29, 1.82) is 0 Å². The van der Waals surface area contributed by atoms with Gasteiger partial charge in [0.25, 0.3) is 0 Å². The molecule has 3 rings (SSSR count). The number of amides is 1. The zero-order valence-electron chi connectivity index (χ0n) is 17.4. The SMILES string of the molecule is C[C@H](NC(=O)CN(Cc1c(F)cccc1Cl)S(=O)(=O)c1ccc(Cl)cc1)c1ccc(F)cc1. The fourth-order valence-electron chi connectivity index (χ4n) is 3.12. The number of nitrogens with one attached hydrogen (secondary N) is 1. The van der Waals surface area contributed by atoms with E-state index in [0.717, 1.165) is 10.4 Å². The molecule has 0 bridgehead atoms. The third kappa shape index (κ3) is 6.29. The van der Waals surface area contributed by atoms with Crippen molar-refractivity contribution in [1.82, 2.24) is 9.62 Å². The summed E-state index contributed by atoms with van der Waals surface area (Å²) in [6, 6.07) is 14.4. The second-order valence-corrected chi connectivity index (χ2v) is 10.0. The first kappa shape index (κ1) is 25.1. The minimum Gasteiger partial charge on any atom is -0.348 e.